The van der Waals surface area contributed by atoms with Gasteiger partial charge in [0.05, 0.1) is 0 Å². The van der Waals surface area contributed by atoms with E-state index in [-0.39, 0.29) is 28.3 Å². The molecule has 0 radical (unpaired) electrons. The van der Waals surface area contributed by atoms with E-state index in [1.807, 2.05) is 24.3 Å². The number of rotatable bonds is 4. The normalized spacial score (nSPS) is 21.4. The van der Waals surface area contributed by atoms with Crippen molar-refractivity contribution in [1.29, 1.82) is 0 Å². The quantitative estimate of drug-likeness (QED) is 0.552. The number of allylic oxidation sites excluding steroid dienone is 4. The SMILES string of the molecule is Cc1ccc(COc2ccccc2C2C3=C(CC(C)(C)CC3=O)NC3=C2C(=O)CC(C)(C)C3)cc1. The van der Waals surface area contributed by atoms with E-state index in [4.69, 9.17) is 4.74 Å². The Hall–Kier alpha value is -3.14. The van der Waals surface area contributed by atoms with Crippen molar-refractivity contribution in [1.82, 2.24) is 5.32 Å². The van der Waals surface area contributed by atoms with Crippen LogP contribution in [-0.2, 0) is 16.2 Å². The molecule has 182 valence electrons. The lowest BCUT2D eigenvalue weighted by Gasteiger charge is -2.44. The molecule has 2 aromatic carbocycles. The number of Topliss-reactive ketones (excluding diaryl/α,β-unsaturated/α-hetero) is 2. The molecule has 0 atom stereocenters. The van der Waals surface area contributed by atoms with Gasteiger partial charge in [-0.1, -0.05) is 75.7 Å². The van der Waals surface area contributed by atoms with Gasteiger partial charge in [0, 0.05) is 46.9 Å². The molecule has 4 heteroatoms. The standard InChI is InChI=1S/C31H35NO3/c1-19-10-12-20(13-11-19)18-35-26-9-7-6-8-21(26)27-28-22(14-30(2,3)16-24(28)33)32-23-15-31(4,5)17-25(34)29(23)27/h6-13,27,32H,14-18H2,1-5H3. The van der Waals surface area contributed by atoms with Crippen LogP contribution in [0.15, 0.2) is 71.1 Å². The van der Waals surface area contributed by atoms with Crippen molar-refractivity contribution in [3.8, 4) is 5.75 Å². The molecule has 1 heterocycles. The van der Waals surface area contributed by atoms with Gasteiger partial charge in [0.25, 0.3) is 0 Å². The first-order valence-corrected chi connectivity index (χ1v) is 12.6. The van der Waals surface area contributed by atoms with Crippen LogP contribution in [-0.4, -0.2) is 11.6 Å². The van der Waals surface area contributed by atoms with Crippen LogP contribution in [0.5, 0.6) is 5.75 Å². The fourth-order valence-electron chi connectivity index (χ4n) is 5.90. The number of carbonyl (C=O) groups excluding carboxylic acids is 2. The van der Waals surface area contributed by atoms with Gasteiger partial charge in [-0.25, -0.2) is 0 Å². The van der Waals surface area contributed by atoms with Crippen LogP contribution >= 0.6 is 0 Å². The van der Waals surface area contributed by atoms with Crippen molar-refractivity contribution in [2.75, 3.05) is 0 Å². The third-order valence-corrected chi connectivity index (χ3v) is 7.46. The molecule has 0 unspecified atom stereocenters. The summed E-state index contributed by atoms with van der Waals surface area (Å²) in [5, 5.41) is 3.59. The Kier molecular flexibility index (Phi) is 5.74. The van der Waals surface area contributed by atoms with Gasteiger partial charge in [0.1, 0.15) is 12.4 Å². The largest absolute Gasteiger partial charge is 0.489 e. The van der Waals surface area contributed by atoms with Crippen LogP contribution in [0.1, 0.15) is 76.0 Å². The van der Waals surface area contributed by atoms with Gasteiger partial charge in [-0.05, 0) is 42.2 Å². The molecule has 1 aliphatic heterocycles. The van der Waals surface area contributed by atoms with Gasteiger partial charge in [-0.2, -0.15) is 0 Å². The molecule has 1 N–H and O–H groups in total. The van der Waals surface area contributed by atoms with Gasteiger partial charge in [0.2, 0.25) is 0 Å². The van der Waals surface area contributed by atoms with Gasteiger partial charge in [-0.15, -0.1) is 0 Å². The van der Waals surface area contributed by atoms with E-state index >= 15 is 0 Å². The predicted molar refractivity (Wildman–Crippen MR) is 138 cm³/mol. The number of hydrogen-bond acceptors (Lipinski definition) is 4. The molecule has 0 bridgehead atoms. The summed E-state index contributed by atoms with van der Waals surface area (Å²) in [7, 11) is 0. The topological polar surface area (TPSA) is 55.4 Å². The molecule has 5 rings (SSSR count). The highest BCUT2D eigenvalue weighted by atomic mass is 16.5. The molecule has 2 aromatic rings. The van der Waals surface area contributed by atoms with E-state index in [0.29, 0.717) is 19.4 Å². The smallest absolute Gasteiger partial charge is 0.162 e. The molecule has 4 nitrogen and oxygen atoms in total. The second-order valence-electron chi connectivity index (χ2n) is 12.0. The first-order chi connectivity index (χ1) is 16.5. The van der Waals surface area contributed by atoms with E-state index < -0.39 is 0 Å². The van der Waals surface area contributed by atoms with Gasteiger partial charge in [0.15, 0.2) is 11.6 Å². The number of carbonyl (C=O) groups is 2. The highest BCUT2D eigenvalue weighted by molar-refractivity contribution is 6.07. The Morgan fingerprint density at radius 3 is 1.91 bits per heavy atom. The molecule has 0 spiro atoms. The maximum Gasteiger partial charge on any atom is 0.162 e. The Bertz CT molecular complexity index is 1210. The summed E-state index contributed by atoms with van der Waals surface area (Å²) in [5.74, 6) is 0.606. The summed E-state index contributed by atoms with van der Waals surface area (Å²) in [6.07, 6.45) is 2.56. The summed E-state index contributed by atoms with van der Waals surface area (Å²) in [5.41, 5.74) is 6.44. The van der Waals surface area contributed by atoms with E-state index in [9.17, 15) is 9.59 Å². The minimum Gasteiger partial charge on any atom is -0.489 e. The Morgan fingerprint density at radius 2 is 1.34 bits per heavy atom. The molecule has 0 aromatic heterocycles. The number of hydrogen-bond donors (Lipinski definition) is 1. The van der Waals surface area contributed by atoms with Crippen molar-refractivity contribution in [3.05, 3.63) is 87.8 Å². The molecule has 35 heavy (non-hydrogen) atoms. The van der Waals surface area contributed by atoms with Crippen LogP contribution < -0.4 is 10.1 Å². The third kappa shape index (κ3) is 4.59. The highest BCUT2D eigenvalue weighted by Crippen LogP contribution is 2.52. The number of ether oxygens (including phenoxy) is 1. The minimum atomic E-state index is -0.386. The van der Waals surface area contributed by atoms with E-state index in [2.05, 4.69) is 64.2 Å². The first kappa shape index (κ1) is 23.6. The van der Waals surface area contributed by atoms with Crippen molar-refractivity contribution in [2.45, 2.75) is 72.8 Å². The number of benzene rings is 2. The maximum atomic E-state index is 13.6. The third-order valence-electron chi connectivity index (χ3n) is 7.46. The van der Waals surface area contributed by atoms with Crippen LogP contribution in [0.2, 0.25) is 0 Å². The van der Waals surface area contributed by atoms with Crippen LogP contribution in [0.25, 0.3) is 0 Å². The molecule has 0 amide bonds. The van der Waals surface area contributed by atoms with Gasteiger partial charge in [-0.3, -0.25) is 9.59 Å². The van der Waals surface area contributed by atoms with Crippen molar-refractivity contribution >= 4 is 11.6 Å². The molecule has 0 fully saturated rings. The van der Waals surface area contributed by atoms with E-state index in [1.54, 1.807) is 0 Å². The van der Waals surface area contributed by atoms with Crippen molar-refractivity contribution in [2.24, 2.45) is 10.8 Å². The summed E-state index contributed by atoms with van der Waals surface area (Å²) in [6, 6.07) is 16.2. The van der Waals surface area contributed by atoms with Gasteiger partial charge >= 0.3 is 0 Å². The summed E-state index contributed by atoms with van der Waals surface area (Å²) in [6.45, 7) is 11.1. The average molecular weight is 470 g/mol. The average Bonchev–Trinajstić information content (AvgIpc) is 2.76. The Morgan fingerprint density at radius 1 is 0.800 bits per heavy atom. The zero-order valence-corrected chi connectivity index (χ0v) is 21.5. The molecular weight excluding hydrogens is 434 g/mol. The molecule has 0 saturated carbocycles. The summed E-state index contributed by atoms with van der Waals surface area (Å²) in [4.78, 5) is 27.2. The number of nitrogens with one attached hydrogen (secondary N) is 1. The monoisotopic (exact) mass is 469 g/mol. The van der Waals surface area contributed by atoms with Gasteiger partial charge < -0.3 is 10.1 Å². The molecular formula is C31H35NO3. The number of dihydropyridines is 1. The molecule has 3 aliphatic rings. The van der Waals surface area contributed by atoms with Crippen LogP contribution in [0, 0.1) is 17.8 Å². The maximum absolute atomic E-state index is 13.6. The Balaban J connectivity index is 1.60. The number of para-hydroxylation sites is 1. The lowest BCUT2D eigenvalue weighted by molar-refractivity contribution is -0.119. The fourth-order valence-corrected chi connectivity index (χ4v) is 5.90. The fraction of sp³-hybridized carbons (Fsp3) is 0.419. The lowest BCUT2D eigenvalue weighted by atomic mass is 9.64. The Labute approximate surface area is 208 Å². The predicted octanol–water partition coefficient (Wildman–Crippen LogP) is 6.55. The van der Waals surface area contributed by atoms with E-state index in [0.717, 1.165) is 52.3 Å². The van der Waals surface area contributed by atoms with Crippen LogP contribution in [0.3, 0.4) is 0 Å². The molecule has 0 saturated heterocycles. The first-order valence-electron chi connectivity index (χ1n) is 12.6. The summed E-state index contributed by atoms with van der Waals surface area (Å²) >= 11 is 0. The zero-order valence-electron chi connectivity index (χ0n) is 21.5. The number of aryl methyl sites for hydroxylation is 1. The van der Waals surface area contributed by atoms with Crippen molar-refractivity contribution < 1.29 is 14.3 Å². The molecule has 2 aliphatic carbocycles. The second-order valence-corrected chi connectivity index (χ2v) is 12.0. The highest BCUT2D eigenvalue weighted by Gasteiger charge is 2.47. The van der Waals surface area contributed by atoms with Crippen LogP contribution in [0.4, 0.5) is 0 Å². The second kappa shape index (κ2) is 8.51. The number of ketones is 2. The summed E-state index contributed by atoms with van der Waals surface area (Å²) < 4.78 is 6.34. The van der Waals surface area contributed by atoms with E-state index in [1.165, 1.54) is 5.56 Å². The lowest BCUT2D eigenvalue weighted by Crippen LogP contribution is -2.42. The zero-order chi connectivity index (χ0) is 25.0. The minimum absolute atomic E-state index is 0.110. The van der Waals surface area contributed by atoms with Crippen molar-refractivity contribution in [3.63, 3.8) is 0 Å².